The molecule has 0 aromatic carbocycles. The number of pyridine rings is 1. The van der Waals surface area contributed by atoms with E-state index >= 15 is 0 Å². The van der Waals surface area contributed by atoms with Gasteiger partial charge in [0.1, 0.15) is 0 Å². The summed E-state index contributed by atoms with van der Waals surface area (Å²) in [5.41, 5.74) is 7.47. The van der Waals surface area contributed by atoms with Crippen molar-refractivity contribution in [3.05, 3.63) is 29.9 Å². The van der Waals surface area contributed by atoms with Crippen LogP contribution in [0.3, 0.4) is 0 Å². The molecule has 2 aromatic rings. The molecule has 0 aliphatic rings. The van der Waals surface area contributed by atoms with Gasteiger partial charge in [0.2, 0.25) is 11.7 Å². The monoisotopic (exact) mass is 248 g/mol. The summed E-state index contributed by atoms with van der Waals surface area (Å²) < 4.78 is 10.4. The lowest BCUT2D eigenvalue weighted by molar-refractivity contribution is 0.102. The molecule has 0 amide bonds. The second-order valence-corrected chi connectivity index (χ2v) is 4.00. The summed E-state index contributed by atoms with van der Waals surface area (Å²) in [6.45, 7) is 2.39. The SMILES string of the molecule is COC(CN)Cc1nc(-c2cnccc2C)no1. The van der Waals surface area contributed by atoms with Gasteiger partial charge in [-0.15, -0.1) is 0 Å². The highest BCUT2D eigenvalue weighted by atomic mass is 16.5. The lowest BCUT2D eigenvalue weighted by atomic mass is 10.1. The molecule has 2 aromatic heterocycles. The summed E-state index contributed by atoms with van der Waals surface area (Å²) in [5.74, 6) is 1.06. The fourth-order valence-electron chi connectivity index (χ4n) is 1.60. The molecule has 0 aliphatic carbocycles. The molecule has 2 heterocycles. The third kappa shape index (κ3) is 2.72. The van der Waals surface area contributed by atoms with E-state index in [0.29, 0.717) is 24.7 Å². The first kappa shape index (κ1) is 12.7. The Bertz CT molecular complexity index is 508. The molecule has 6 heteroatoms. The molecule has 2 N–H and O–H groups in total. The summed E-state index contributed by atoms with van der Waals surface area (Å²) in [6.07, 6.45) is 3.86. The van der Waals surface area contributed by atoms with Crippen LogP contribution in [0.15, 0.2) is 23.0 Å². The van der Waals surface area contributed by atoms with Crippen LogP contribution < -0.4 is 5.73 Å². The molecule has 1 atom stereocenters. The zero-order valence-electron chi connectivity index (χ0n) is 10.5. The maximum absolute atomic E-state index is 5.55. The molecule has 0 saturated heterocycles. The number of nitrogens with two attached hydrogens (primary N) is 1. The highest BCUT2D eigenvalue weighted by molar-refractivity contribution is 5.57. The minimum Gasteiger partial charge on any atom is -0.380 e. The van der Waals surface area contributed by atoms with E-state index in [1.54, 1.807) is 19.5 Å². The van der Waals surface area contributed by atoms with Crippen molar-refractivity contribution in [2.45, 2.75) is 19.4 Å². The van der Waals surface area contributed by atoms with Crippen LogP contribution in [0.1, 0.15) is 11.5 Å². The smallest absolute Gasteiger partial charge is 0.229 e. The fraction of sp³-hybridized carbons (Fsp3) is 0.417. The molecule has 6 nitrogen and oxygen atoms in total. The number of nitrogens with zero attached hydrogens (tertiary/aromatic N) is 3. The molecule has 0 aliphatic heterocycles. The van der Waals surface area contributed by atoms with Crippen LogP contribution in [0.5, 0.6) is 0 Å². The number of ether oxygens (including phenoxy) is 1. The molecule has 0 saturated carbocycles. The molecule has 2 rings (SSSR count). The van der Waals surface area contributed by atoms with Crippen molar-refractivity contribution in [2.24, 2.45) is 5.73 Å². The third-order valence-corrected chi connectivity index (χ3v) is 2.75. The van der Waals surface area contributed by atoms with Crippen LogP contribution in [0.2, 0.25) is 0 Å². The van der Waals surface area contributed by atoms with Crippen molar-refractivity contribution in [1.29, 1.82) is 0 Å². The molecule has 0 spiro atoms. The van der Waals surface area contributed by atoms with E-state index in [0.717, 1.165) is 11.1 Å². The first-order valence-electron chi connectivity index (χ1n) is 5.71. The number of hydrogen-bond acceptors (Lipinski definition) is 6. The zero-order chi connectivity index (χ0) is 13.0. The Hall–Kier alpha value is -1.79. The van der Waals surface area contributed by atoms with E-state index in [9.17, 15) is 0 Å². The molecular formula is C12H16N4O2. The van der Waals surface area contributed by atoms with Gasteiger partial charge < -0.3 is 15.0 Å². The largest absolute Gasteiger partial charge is 0.380 e. The average molecular weight is 248 g/mol. The Morgan fingerprint density at radius 3 is 3.00 bits per heavy atom. The summed E-state index contributed by atoms with van der Waals surface area (Å²) in [7, 11) is 1.61. The topological polar surface area (TPSA) is 87.1 Å². The van der Waals surface area contributed by atoms with Gasteiger partial charge in [0.05, 0.1) is 12.5 Å². The first-order chi connectivity index (χ1) is 8.74. The number of rotatable bonds is 5. The predicted octanol–water partition coefficient (Wildman–Crippen LogP) is 0.956. The highest BCUT2D eigenvalue weighted by Crippen LogP contribution is 2.19. The van der Waals surface area contributed by atoms with Gasteiger partial charge in [-0.2, -0.15) is 4.98 Å². The van der Waals surface area contributed by atoms with Gasteiger partial charge >= 0.3 is 0 Å². The minimum absolute atomic E-state index is 0.103. The summed E-state index contributed by atoms with van der Waals surface area (Å²) in [4.78, 5) is 8.38. The van der Waals surface area contributed by atoms with Crippen LogP contribution >= 0.6 is 0 Å². The summed E-state index contributed by atoms with van der Waals surface area (Å²) in [5, 5.41) is 3.95. The standard InChI is InChI=1S/C12H16N4O2/c1-8-3-4-14-7-10(8)12-15-11(18-16-12)5-9(6-13)17-2/h3-4,7,9H,5-6,13H2,1-2H3. The molecular weight excluding hydrogens is 232 g/mol. The Labute approximate surface area is 105 Å². The molecule has 1 unspecified atom stereocenters. The summed E-state index contributed by atoms with van der Waals surface area (Å²) in [6, 6.07) is 1.91. The Morgan fingerprint density at radius 2 is 2.33 bits per heavy atom. The quantitative estimate of drug-likeness (QED) is 0.847. The third-order valence-electron chi connectivity index (χ3n) is 2.75. The van der Waals surface area contributed by atoms with E-state index in [-0.39, 0.29) is 6.10 Å². The van der Waals surface area contributed by atoms with Crippen LogP contribution in [0.4, 0.5) is 0 Å². The normalized spacial score (nSPS) is 12.6. The van der Waals surface area contributed by atoms with Crippen molar-refractivity contribution in [2.75, 3.05) is 13.7 Å². The van der Waals surface area contributed by atoms with Gasteiger partial charge in [-0.25, -0.2) is 0 Å². The second kappa shape index (κ2) is 5.70. The number of aromatic nitrogens is 3. The second-order valence-electron chi connectivity index (χ2n) is 4.00. The van der Waals surface area contributed by atoms with Gasteiger partial charge in [-0.05, 0) is 18.6 Å². The maximum atomic E-state index is 5.55. The molecule has 0 fully saturated rings. The molecule has 18 heavy (non-hydrogen) atoms. The van der Waals surface area contributed by atoms with Crippen molar-refractivity contribution in [3.63, 3.8) is 0 Å². The minimum atomic E-state index is -0.103. The number of methoxy groups -OCH3 is 1. The average Bonchev–Trinajstić information content (AvgIpc) is 2.85. The van der Waals surface area contributed by atoms with Crippen molar-refractivity contribution in [1.82, 2.24) is 15.1 Å². The van der Waals surface area contributed by atoms with Crippen molar-refractivity contribution >= 4 is 0 Å². The molecule has 0 bridgehead atoms. The predicted molar refractivity (Wildman–Crippen MR) is 65.8 cm³/mol. The van der Waals surface area contributed by atoms with Crippen LogP contribution in [0.25, 0.3) is 11.4 Å². The highest BCUT2D eigenvalue weighted by Gasteiger charge is 2.14. The molecule has 96 valence electrons. The fourth-order valence-corrected chi connectivity index (χ4v) is 1.60. The number of hydrogen-bond donors (Lipinski definition) is 1. The van der Waals surface area contributed by atoms with Crippen LogP contribution in [-0.4, -0.2) is 34.9 Å². The lowest BCUT2D eigenvalue weighted by Crippen LogP contribution is -2.24. The summed E-state index contributed by atoms with van der Waals surface area (Å²) >= 11 is 0. The van der Waals surface area contributed by atoms with Crippen LogP contribution in [-0.2, 0) is 11.2 Å². The van der Waals surface area contributed by atoms with Crippen molar-refractivity contribution < 1.29 is 9.26 Å². The van der Waals surface area contributed by atoms with Crippen LogP contribution in [0, 0.1) is 6.92 Å². The number of aryl methyl sites for hydroxylation is 1. The van der Waals surface area contributed by atoms with Gasteiger partial charge in [0, 0.05) is 31.6 Å². The van der Waals surface area contributed by atoms with Crippen molar-refractivity contribution in [3.8, 4) is 11.4 Å². The van der Waals surface area contributed by atoms with E-state index in [2.05, 4.69) is 15.1 Å². The van der Waals surface area contributed by atoms with Gasteiger partial charge in [0.15, 0.2) is 0 Å². The Morgan fingerprint density at radius 1 is 1.50 bits per heavy atom. The van der Waals surface area contributed by atoms with E-state index < -0.39 is 0 Å². The first-order valence-corrected chi connectivity index (χ1v) is 5.71. The van der Waals surface area contributed by atoms with Gasteiger partial charge in [0.25, 0.3) is 0 Å². The van der Waals surface area contributed by atoms with E-state index in [1.807, 2.05) is 13.0 Å². The lowest BCUT2D eigenvalue weighted by Gasteiger charge is -2.08. The Kier molecular flexibility index (Phi) is 4.01. The van der Waals surface area contributed by atoms with E-state index in [1.165, 1.54) is 0 Å². The molecule has 0 radical (unpaired) electrons. The maximum Gasteiger partial charge on any atom is 0.229 e. The Balaban J connectivity index is 2.18. The van der Waals surface area contributed by atoms with E-state index in [4.69, 9.17) is 15.0 Å². The van der Waals surface area contributed by atoms with Gasteiger partial charge in [-0.3, -0.25) is 4.98 Å². The zero-order valence-corrected chi connectivity index (χ0v) is 10.5. The van der Waals surface area contributed by atoms with Gasteiger partial charge in [-0.1, -0.05) is 5.16 Å².